The Hall–Kier alpha value is -2.21. The first-order chi connectivity index (χ1) is 12.4. The summed E-state index contributed by atoms with van der Waals surface area (Å²) in [6, 6.07) is 0. The number of aliphatic carboxylic acids is 2. The zero-order valence-electron chi connectivity index (χ0n) is 15.2. The molecule has 0 spiro atoms. The van der Waals surface area contributed by atoms with E-state index < -0.39 is 18.0 Å². The minimum absolute atomic E-state index is 0.0552. The Kier molecular flexibility index (Phi) is 14.9. The molecule has 0 saturated heterocycles. The number of carbonyl (C=O) groups is 3. The van der Waals surface area contributed by atoms with Crippen LogP contribution in [0.2, 0.25) is 0 Å². The van der Waals surface area contributed by atoms with Crippen LogP contribution in [0.4, 0.5) is 0 Å². The first kappa shape index (κ1) is 23.8. The number of unbranched alkanes of at least 4 members (excludes halogenated alkanes) is 2. The molecule has 0 radical (unpaired) electrons. The minimum Gasteiger partial charge on any atom is -0.481 e. The van der Waals surface area contributed by atoms with E-state index in [9.17, 15) is 19.5 Å². The summed E-state index contributed by atoms with van der Waals surface area (Å²) in [7, 11) is 0. The molecule has 26 heavy (non-hydrogen) atoms. The van der Waals surface area contributed by atoms with E-state index in [0.717, 1.165) is 12.8 Å². The number of hydrogen-bond acceptors (Lipinski definition) is 4. The maximum atomic E-state index is 11.7. The van der Waals surface area contributed by atoms with Crippen LogP contribution >= 0.6 is 0 Å². The SMILES string of the molecule is O=C(O)CCCCC=CCC(=O)CCC=CC=CC(O)CCCC(=O)O. The van der Waals surface area contributed by atoms with Gasteiger partial charge in [0.1, 0.15) is 5.78 Å². The number of carboxylic acids is 2. The van der Waals surface area contributed by atoms with Crippen molar-refractivity contribution in [1.82, 2.24) is 0 Å². The van der Waals surface area contributed by atoms with Gasteiger partial charge in [-0.05, 0) is 38.5 Å². The smallest absolute Gasteiger partial charge is 0.303 e. The van der Waals surface area contributed by atoms with E-state index in [1.54, 1.807) is 18.2 Å². The Morgan fingerprint density at radius 3 is 2.15 bits per heavy atom. The lowest BCUT2D eigenvalue weighted by Crippen LogP contribution is -2.03. The number of ketones is 1. The van der Waals surface area contributed by atoms with E-state index >= 15 is 0 Å². The van der Waals surface area contributed by atoms with Crippen LogP contribution in [0.3, 0.4) is 0 Å². The van der Waals surface area contributed by atoms with Gasteiger partial charge in [-0.3, -0.25) is 14.4 Å². The summed E-state index contributed by atoms with van der Waals surface area (Å²) in [6.07, 6.45) is 14.9. The Balaban J connectivity index is 3.67. The van der Waals surface area contributed by atoms with Gasteiger partial charge in [0, 0.05) is 25.7 Å². The summed E-state index contributed by atoms with van der Waals surface area (Å²) in [6.45, 7) is 0. The molecule has 3 N–H and O–H groups in total. The normalized spacial score (nSPS) is 13.0. The molecule has 0 saturated carbocycles. The number of rotatable bonds is 16. The van der Waals surface area contributed by atoms with E-state index in [0.29, 0.717) is 38.5 Å². The van der Waals surface area contributed by atoms with Crippen LogP contribution in [-0.4, -0.2) is 39.1 Å². The second kappa shape index (κ2) is 16.3. The maximum Gasteiger partial charge on any atom is 0.303 e. The van der Waals surface area contributed by atoms with Crippen molar-refractivity contribution in [2.24, 2.45) is 0 Å². The molecule has 0 aliphatic heterocycles. The van der Waals surface area contributed by atoms with E-state index in [1.165, 1.54) is 0 Å². The lowest BCUT2D eigenvalue weighted by Gasteiger charge is -2.02. The predicted octanol–water partition coefficient (Wildman–Crippen LogP) is 3.66. The number of allylic oxidation sites excluding steroid dienone is 5. The van der Waals surface area contributed by atoms with Gasteiger partial charge in [0.15, 0.2) is 0 Å². The highest BCUT2D eigenvalue weighted by atomic mass is 16.4. The van der Waals surface area contributed by atoms with Gasteiger partial charge in [-0.2, -0.15) is 0 Å². The summed E-state index contributed by atoms with van der Waals surface area (Å²) < 4.78 is 0. The van der Waals surface area contributed by atoms with Gasteiger partial charge in [0.05, 0.1) is 6.10 Å². The third kappa shape index (κ3) is 18.1. The average Bonchev–Trinajstić information content (AvgIpc) is 2.56. The standard InChI is InChI=1S/C20H30O6/c21-17(11-6-2-1-3-9-15-19(23)24)12-7-4-5-8-13-18(22)14-10-16-20(25)26/h2,4-6,8,13,18,22H,1,3,7,9-12,14-16H2,(H,23,24)(H,25,26). The summed E-state index contributed by atoms with van der Waals surface area (Å²) in [5, 5.41) is 26.6. The predicted molar refractivity (Wildman–Crippen MR) is 99.9 cm³/mol. The Labute approximate surface area is 154 Å². The molecule has 0 aliphatic rings. The summed E-state index contributed by atoms with van der Waals surface area (Å²) in [4.78, 5) is 32.4. The van der Waals surface area contributed by atoms with E-state index in [-0.39, 0.29) is 18.6 Å². The number of aliphatic hydroxyl groups excluding tert-OH is 1. The highest BCUT2D eigenvalue weighted by Crippen LogP contribution is 2.04. The Morgan fingerprint density at radius 2 is 1.46 bits per heavy atom. The average molecular weight is 366 g/mol. The van der Waals surface area contributed by atoms with Gasteiger partial charge in [-0.1, -0.05) is 36.5 Å². The molecule has 1 unspecified atom stereocenters. The molecule has 0 rings (SSSR count). The highest BCUT2D eigenvalue weighted by Gasteiger charge is 2.01. The summed E-state index contributed by atoms with van der Waals surface area (Å²) in [5.74, 6) is -1.49. The van der Waals surface area contributed by atoms with Gasteiger partial charge in [0.25, 0.3) is 0 Å². The molecule has 0 amide bonds. The molecule has 0 heterocycles. The molecule has 0 aromatic carbocycles. The number of carboxylic acid groups (broad SMARTS) is 2. The zero-order chi connectivity index (χ0) is 19.6. The number of Topliss-reactive ketones (excluding diaryl/α,β-unsaturated/α-hetero) is 1. The van der Waals surface area contributed by atoms with Crippen LogP contribution in [0.25, 0.3) is 0 Å². The topological polar surface area (TPSA) is 112 Å². The van der Waals surface area contributed by atoms with Gasteiger partial charge >= 0.3 is 11.9 Å². The molecule has 0 fully saturated rings. The van der Waals surface area contributed by atoms with Crippen molar-refractivity contribution >= 4 is 17.7 Å². The van der Waals surface area contributed by atoms with Crippen LogP contribution in [0.5, 0.6) is 0 Å². The van der Waals surface area contributed by atoms with Crippen molar-refractivity contribution in [3.05, 3.63) is 36.5 Å². The van der Waals surface area contributed by atoms with Crippen LogP contribution in [0.15, 0.2) is 36.5 Å². The Bertz CT molecular complexity index is 504. The second-order valence-electron chi connectivity index (χ2n) is 6.06. The van der Waals surface area contributed by atoms with Gasteiger partial charge in [-0.25, -0.2) is 0 Å². The van der Waals surface area contributed by atoms with Gasteiger partial charge < -0.3 is 15.3 Å². The molecular weight excluding hydrogens is 336 g/mol. The van der Waals surface area contributed by atoms with Crippen LogP contribution in [0, 0.1) is 0 Å². The van der Waals surface area contributed by atoms with Gasteiger partial charge in [0.2, 0.25) is 0 Å². The molecule has 6 heteroatoms. The zero-order valence-corrected chi connectivity index (χ0v) is 15.2. The van der Waals surface area contributed by atoms with Crippen molar-refractivity contribution in [2.45, 2.75) is 70.3 Å². The molecule has 0 aliphatic carbocycles. The third-order valence-corrected chi connectivity index (χ3v) is 3.58. The molecular formula is C20H30O6. The van der Waals surface area contributed by atoms with E-state index in [4.69, 9.17) is 10.2 Å². The van der Waals surface area contributed by atoms with E-state index in [1.807, 2.05) is 18.2 Å². The fraction of sp³-hybridized carbons (Fsp3) is 0.550. The maximum absolute atomic E-state index is 11.7. The first-order valence-corrected chi connectivity index (χ1v) is 9.03. The van der Waals surface area contributed by atoms with Crippen molar-refractivity contribution in [1.29, 1.82) is 0 Å². The van der Waals surface area contributed by atoms with Crippen LogP contribution in [-0.2, 0) is 14.4 Å². The second-order valence-corrected chi connectivity index (χ2v) is 6.06. The molecule has 1 atom stereocenters. The van der Waals surface area contributed by atoms with Crippen LogP contribution in [0.1, 0.15) is 64.2 Å². The molecule has 0 aromatic heterocycles. The fourth-order valence-corrected chi connectivity index (χ4v) is 2.14. The molecule has 0 aromatic rings. The monoisotopic (exact) mass is 366 g/mol. The number of carbonyl (C=O) groups excluding carboxylic acids is 1. The first-order valence-electron chi connectivity index (χ1n) is 9.03. The molecule has 0 bridgehead atoms. The lowest BCUT2D eigenvalue weighted by atomic mass is 10.1. The summed E-state index contributed by atoms with van der Waals surface area (Å²) in [5.41, 5.74) is 0. The summed E-state index contributed by atoms with van der Waals surface area (Å²) >= 11 is 0. The van der Waals surface area contributed by atoms with Crippen molar-refractivity contribution in [2.75, 3.05) is 0 Å². The number of hydrogen-bond donors (Lipinski definition) is 3. The molecule has 146 valence electrons. The van der Waals surface area contributed by atoms with Crippen molar-refractivity contribution in [3.8, 4) is 0 Å². The largest absolute Gasteiger partial charge is 0.481 e. The number of aliphatic hydroxyl groups is 1. The minimum atomic E-state index is -0.862. The molecule has 6 nitrogen and oxygen atoms in total. The lowest BCUT2D eigenvalue weighted by molar-refractivity contribution is -0.138. The van der Waals surface area contributed by atoms with Crippen molar-refractivity contribution in [3.63, 3.8) is 0 Å². The Morgan fingerprint density at radius 1 is 0.769 bits per heavy atom. The highest BCUT2D eigenvalue weighted by molar-refractivity contribution is 5.79. The fourth-order valence-electron chi connectivity index (χ4n) is 2.14. The van der Waals surface area contributed by atoms with Gasteiger partial charge in [-0.15, -0.1) is 0 Å². The third-order valence-electron chi connectivity index (χ3n) is 3.58. The van der Waals surface area contributed by atoms with Crippen molar-refractivity contribution < 1.29 is 29.7 Å². The van der Waals surface area contributed by atoms with Crippen LogP contribution < -0.4 is 0 Å². The quantitative estimate of drug-likeness (QED) is 0.218. The van der Waals surface area contributed by atoms with E-state index in [2.05, 4.69) is 0 Å².